The maximum atomic E-state index is 13.1. The Balaban J connectivity index is 1.41. The normalized spacial score (nSPS) is 20.9. The molecule has 2 atom stereocenters. The molecular weight excluding hydrogens is 404 g/mol. The number of β-amino-alcohol motifs (C(OH)–C–C–N with tert-alkyl or cyclic N) is 1. The van der Waals surface area contributed by atoms with Crippen LogP contribution in [0, 0.1) is 0 Å². The molecule has 9 heteroatoms. The van der Waals surface area contributed by atoms with E-state index in [0.29, 0.717) is 41.8 Å². The quantitative estimate of drug-likeness (QED) is 0.646. The van der Waals surface area contributed by atoms with Crippen molar-refractivity contribution in [2.45, 2.75) is 18.6 Å². The topological polar surface area (TPSA) is 107 Å². The van der Waals surface area contributed by atoms with Gasteiger partial charge in [-0.15, -0.1) is 0 Å². The molecule has 164 valence electrons. The van der Waals surface area contributed by atoms with Crippen molar-refractivity contribution < 1.29 is 33.6 Å². The molecule has 0 radical (unpaired) electrons. The number of methoxy groups -OCH3 is 1. The molecule has 0 aromatic heterocycles. The third kappa shape index (κ3) is 4.09. The average Bonchev–Trinajstić information content (AvgIpc) is 3.01. The number of nitrogens with one attached hydrogen (secondary N) is 1. The number of fused-ring (bicyclic) bond motifs is 1. The summed E-state index contributed by atoms with van der Waals surface area (Å²) in [6, 6.07) is 11.4. The van der Waals surface area contributed by atoms with Crippen LogP contribution in [-0.4, -0.2) is 61.5 Å². The molecule has 2 N–H and O–H groups in total. The maximum absolute atomic E-state index is 13.1. The van der Waals surface area contributed by atoms with E-state index < -0.39 is 23.6 Å². The summed E-state index contributed by atoms with van der Waals surface area (Å²) in [5.41, 5.74) is -0.703. The van der Waals surface area contributed by atoms with Gasteiger partial charge in [0.25, 0.3) is 5.91 Å². The molecule has 1 fully saturated rings. The largest absolute Gasteiger partial charge is 0.497 e. The van der Waals surface area contributed by atoms with Crippen molar-refractivity contribution >= 4 is 11.9 Å². The monoisotopic (exact) mass is 428 g/mol. The van der Waals surface area contributed by atoms with Crippen LogP contribution in [0.1, 0.15) is 12.5 Å². The molecule has 2 aliphatic rings. The summed E-state index contributed by atoms with van der Waals surface area (Å²) in [5, 5.41) is 13.1. The Morgan fingerprint density at radius 2 is 1.77 bits per heavy atom. The Morgan fingerprint density at radius 1 is 1.10 bits per heavy atom. The molecule has 0 aliphatic carbocycles. The van der Waals surface area contributed by atoms with Gasteiger partial charge in [-0.1, -0.05) is 6.07 Å². The van der Waals surface area contributed by atoms with Crippen LogP contribution in [0.4, 0.5) is 4.79 Å². The molecule has 1 saturated heterocycles. The molecule has 2 aromatic carbocycles. The molecular formula is C22H24N2O7. The van der Waals surface area contributed by atoms with Crippen LogP contribution in [0.25, 0.3) is 0 Å². The fraction of sp³-hybridized carbons (Fsp3) is 0.364. The first-order valence-corrected chi connectivity index (χ1v) is 9.90. The summed E-state index contributed by atoms with van der Waals surface area (Å²) in [6.45, 7) is 2.23. The minimum atomic E-state index is -1.27. The number of nitrogens with zero attached hydrogens (tertiary/aromatic N) is 1. The first-order valence-electron chi connectivity index (χ1n) is 9.90. The van der Waals surface area contributed by atoms with Crippen LogP contribution < -0.4 is 24.3 Å². The van der Waals surface area contributed by atoms with E-state index in [-0.39, 0.29) is 13.2 Å². The summed E-state index contributed by atoms with van der Waals surface area (Å²) < 4.78 is 21.7. The second-order valence-electron chi connectivity index (χ2n) is 7.47. The summed E-state index contributed by atoms with van der Waals surface area (Å²) >= 11 is 0. The Kier molecular flexibility index (Phi) is 5.60. The molecule has 0 bridgehead atoms. The summed E-state index contributed by atoms with van der Waals surface area (Å²) in [6.07, 6.45) is -1.06. The lowest BCUT2D eigenvalue weighted by atomic mass is 9.91. The maximum Gasteiger partial charge on any atom is 0.325 e. The lowest BCUT2D eigenvalue weighted by Crippen LogP contribution is -2.42. The summed E-state index contributed by atoms with van der Waals surface area (Å²) in [7, 11) is 1.57. The van der Waals surface area contributed by atoms with Gasteiger partial charge in [-0.2, -0.15) is 0 Å². The number of rotatable bonds is 7. The van der Waals surface area contributed by atoms with Crippen LogP contribution in [0.5, 0.6) is 23.0 Å². The van der Waals surface area contributed by atoms with Gasteiger partial charge in [-0.05, 0) is 48.9 Å². The molecule has 0 spiro atoms. The van der Waals surface area contributed by atoms with Crippen LogP contribution in [-0.2, 0) is 10.3 Å². The molecule has 0 saturated carbocycles. The standard InChI is InChI=1S/C22H24N2O7/c1-22(14-3-8-18-19(11-14)30-10-9-29-18)20(26)24(21(27)23-22)12-15(25)13-31-17-6-4-16(28-2)5-7-17/h3-8,11,15,25H,9-10,12-13H2,1-2H3,(H,23,27). The zero-order valence-electron chi connectivity index (χ0n) is 17.3. The average molecular weight is 428 g/mol. The Labute approximate surface area is 179 Å². The lowest BCUT2D eigenvalue weighted by molar-refractivity contribution is -0.132. The Bertz CT molecular complexity index is 978. The van der Waals surface area contributed by atoms with E-state index in [0.717, 1.165) is 4.90 Å². The third-order valence-corrected chi connectivity index (χ3v) is 5.29. The minimum Gasteiger partial charge on any atom is -0.497 e. The second-order valence-corrected chi connectivity index (χ2v) is 7.47. The number of amides is 3. The first kappa shape index (κ1) is 20.8. The van der Waals surface area contributed by atoms with E-state index >= 15 is 0 Å². The molecule has 9 nitrogen and oxygen atoms in total. The number of aliphatic hydroxyl groups is 1. The van der Waals surface area contributed by atoms with Crippen molar-refractivity contribution in [2.75, 3.05) is 33.5 Å². The van der Waals surface area contributed by atoms with Gasteiger partial charge in [-0.25, -0.2) is 4.79 Å². The SMILES string of the molecule is COc1ccc(OCC(O)CN2C(=O)NC(C)(c3ccc4c(c3)OCCO4)C2=O)cc1. The predicted octanol–water partition coefficient (Wildman–Crippen LogP) is 1.67. The van der Waals surface area contributed by atoms with Gasteiger partial charge in [0.15, 0.2) is 11.5 Å². The van der Waals surface area contributed by atoms with Crippen molar-refractivity contribution in [3.8, 4) is 23.0 Å². The fourth-order valence-electron chi connectivity index (χ4n) is 3.54. The lowest BCUT2D eigenvalue weighted by Gasteiger charge is -2.25. The van der Waals surface area contributed by atoms with Crippen molar-refractivity contribution in [1.29, 1.82) is 0 Å². The Morgan fingerprint density at radius 3 is 2.48 bits per heavy atom. The molecule has 31 heavy (non-hydrogen) atoms. The number of ether oxygens (including phenoxy) is 4. The number of aliphatic hydroxyl groups excluding tert-OH is 1. The third-order valence-electron chi connectivity index (χ3n) is 5.29. The van der Waals surface area contributed by atoms with Gasteiger partial charge >= 0.3 is 6.03 Å². The second kappa shape index (κ2) is 8.35. The number of carbonyl (C=O) groups is 2. The smallest absolute Gasteiger partial charge is 0.325 e. The van der Waals surface area contributed by atoms with Crippen LogP contribution in [0.3, 0.4) is 0 Å². The molecule has 2 heterocycles. The van der Waals surface area contributed by atoms with Crippen LogP contribution >= 0.6 is 0 Å². The van der Waals surface area contributed by atoms with Crippen molar-refractivity contribution in [1.82, 2.24) is 10.2 Å². The Hall–Kier alpha value is -3.46. The predicted molar refractivity (Wildman–Crippen MR) is 110 cm³/mol. The number of carbonyl (C=O) groups excluding carboxylic acids is 2. The highest BCUT2D eigenvalue weighted by Crippen LogP contribution is 2.36. The highest BCUT2D eigenvalue weighted by Gasteiger charge is 2.49. The van der Waals surface area contributed by atoms with Gasteiger partial charge in [0.2, 0.25) is 0 Å². The molecule has 2 unspecified atom stereocenters. The van der Waals surface area contributed by atoms with E-state index in [1.54, 1.807) is 56.5 Å². The number of hydrogen-bond acceptors (Lipinski definition) is 7. The summed E-state index contributed by atoms with van der Waals surface area (Å²) in [5.74, 6) is 1.89. The van der Waals surface area contributed by atoms with Gasteiger partial charge in [0.1, 0.15) is 43.0 Å². The highest BCUT2D eigenvalue weighted by atomic mass is 16.6. The van der Waals surface area contributed by atoms with Crippen LogP contribution in [0.2, 0.25) is 0 Å². The highest BCUT2D eigenvalue weighted by molar-refractivity contribution is 6.07. The molecule has 2 aromatic rings. The van der Waals surface area contributed by atoms with E-state index in [9.17, 15) is 14.7 Å². The van der Waals surface area contributed by atoms with Gasteiger partial charge in [-0.3, -0.25) is 9.69 Å². The van der Waals surface area contributed by atoms with E-state index in [1.165, 1.54) is 0 Å². The zero-order chi connectivity index (χ0) is 22.0. The summed E-state index contributed by atoms with van der Waals surface area (Å²) in [4.78, 5) is 26.6. The van der Waals surface area contributed by atoms with E-state index in [2.05, 4.69) is 5.32 Å². The minimum absolute atomic E-state index is 0.0792. The number of urea groups is 1. The van der Waals surface area contributed by atoms with E-state index in [1.807, 2.05) is 0 Å². The van der Waals surface area contributed by atoms with Gasteiger partial charge < -0.3 is 29.4 Å². The number of hydrogen-bond donors (Lipinski definition) is 2. The van der Waals surface area contributed by atoms with Crippen molar-refractivity contribution in [3.05, 3.63) is 48.0 Å². The van der Waals surface area contributed by atoms with Crippen molar-refractivity contribution in [3.63, 3.8) is 0 Å². The number of benzene rings is 2. The van der Waals surface area contributed by atoms with E-state index in [4.69, 9.17) is 18.9 Å². The first-order chi connectivity index (χ1) is 14.9. The van der Waals surface area contributed by atoms with Crippen molar-refractivity contribution in [2.24, 2.45) is 0 Å². The fourth-order valence-corrected chi connectivity index (χ4v) is 3.54. The molecule has 2 aliphatic heterocycles. The number of imide groups is 1. The van der Waals surface area contributed by atoms with Gasteiger partial charge in [0.05, 0.1) is 13.7 Å². The molecule has 3 amide bonds. The van der Waals surface area contributed by atoms with Gasteiger partial charge in [0, 0.05) is 0 Å². The zero-order valence-corrected chi connectivity index (χ0v) is 17.3. The molecule has 4 rings (SSSR count). The van der Waals surface area contributed by atoms with Crippen LogP contribution in [0.15, 0.2) is 42.5 Å².